The van der Waals surface area contributed by atoms with Gasteiger partial charge in [0.25, 0.3) is 0 Å². The van der Waals surface area contributed by atoms with Crippen molar-refractivity contribution in [2.45, 2.75) is 19.4 Å². The number of para-hydroxylation sites is 1. The molecule has 0 bridgehead atoms. The van der Waals surface area contributed by atoms with E-state index in [2.05, 4.69) is 0 Å². The molecular weight excluding hydrogens is 164 g/mol. The molecule has 1 aromatic carbocycles. The van der Waals surface area contributed by atoms with Crippen LogP contribution in [0.4, 0.5) is 0 Å². The highest BCUT2D eigenvalue weighted by atomic mass is 16.3. The molecule has 0 amide bonds. The zero-order valence-electron chi connectivity index (χ0n) is 7.83. The van der Waals surface area contributed by atoms with E-state index >= 15 is 0 Å². The third-order valence-electron chi connectivity index (χ3n) is 2.15. The topological polar surface area (TPSA) is 72.3 Å². The highest BCUT2D eigenvalue weighted by molar-refractivity contribution is 5.41. The summed E-state index contributed by atoms with van der Waals surface area (Å²) < 4.78 is 0. The minimum Gasteiger partial charge on any atom is -0.507 e. The molecule has 0 spiro atoms. The monoisotopic (exact) mass is 180 g/mol. The molecule has 0 aliphatic heterocycles. The van der Waals surface area contributed by atoms with Gasteiger partial charge in [-0.2, -0.15) is 0 Å². The van der Waals surface area contributed by atoms with Gasteiger partial charge in [0.2, 0.25) is 0 Å². The molecule has 0 unspecified atom stereocenters. The van der Waals surface area contributed by atoms with Crippen LogP contribution in [-0.2, 0) is 0 Å². The summed E-state index contributed by atoms with van der Waals surface area (Å²) in [5.41, 5.74) is 12.9. The second-order valence-corrected chi connectivity index (χ2v) is 3.20. The first kappa shape index (κ1) is 10.0. The van der Waals surface area contributed by atoms with Crippen molar-refractivity contribution in [3.8, 4) is 5.75 Å². The van der Waals surface area contributed by atoms with Gasteiger partial charge in [-0.15, -0.1) is 0 Å². The third-order valence-corrected chi connectivity index (χ3v) is 2.15. The maximum Gasteiger partial charge on any atom is 0.123 e. The number of phenols is 1. The molecular formula is C10H16N2O. The molecule has 1 atom stereocenters. The smallest absolute Gasteiger partial charge is 0.123 e. The molecule has 1 aromatic rings. The van der Waals surface area contributed by atoms with Crippen LogP contribution in [0.3, 0.4) is 0 Å². The maximum atomic E-state index is 9.67. The van der Waals surface area contributed by atoms with Crippen LogP contribution >= 0.6 is 0 Å². The molecule has 0 radical (unpaired) electrons. The van der Waals surface area contributed by atoms with Crippen molar-refractivity contribution in [1.29, 1.82) is 0 Å². The first-order chi connectivity index (χ1) is 6.16. The van der Waals surface area contributed by atoms with Crippen LogP contribution in [0.1, 0.15) is 23.6 Å². The van der Waals surface area contributed by atoms with Gasteiger partial charge in [0.15, 0.2) is 0 Å². The fourth-order valence-corrected chi connectivity index (χ4v) is 1.32. The van der Waals surface area contributed by atoms with Crippen molar-refractivity contribution < 1.29 is 5.11 Å². The van der Waals surface area contributed by atoms with Crippen LogP contribution in [0.2, 0.25) is 0 Å². The molecule has 0 aliphatic rings. The normalized spacial score (nSPS) is 12.8. The number of rotatable bonds is 3. The van der Waals surface area contributed by atoms with Crippen molar-refractivity contribution in [2.24, 2.45) is 11.5 Å². The summed E-state index contributed by atoms with van der Waals surface area (Å²) in [6, 6.07) is 5.42. The van der Waals surface area contributed by atoms with Gasteiger partial charge >= 0.3 is 0 Å². The number of nitrogens with two attached hydrogens (primary N) is 2. The zero-order valence-corrected chi connectivity index (χ0v) is 7.83. The molecule has 3 nitrogen and oxygen atoms in total. The van der Waals surface area contributed by atoms with E-state index in [-0.39, 0.29) is 6.04 Å². The molecule has 0 aromatic heterocycles. The van der Waals surface area contributed by atoms with Crippen molar-refractivity contribution in [1.82, 2.24) is 0 Å². The Hall–Kier alpha value is -1.06. The number of hydrogen-bond acceptors (Lipinski definition) is 3. The molecule has 13 heavy (non-hydrogen) atoms. The molecule has 72 valence electrons. The molecule has 0 aliphatic carbocycles. The van der Waals surface area contributed by atoms with Crippen molar-refractivity contribution in [2.75, 3.05) is 6.54 Å². The van der Waals surface area contributed by atoms with E-state index < -0.39 is 0 Å². The Morgan fingerprint density at radius 2 is 2.15 bits per heavy atom. The fraction of sp³-hybridized carbons (Fsp3) is 0.400. The summed E-state index contributed by atoms with van der Waals surface area (Å²) in [4.78, 5) is 0. The quantitative estimate of drug-likeness (QED) is 0.651. The maximum absolute atomic E-state index is 9.67. The lowest BCUT2D eigenvalue weighted by molar-refractivity contribution is 0.455. The van der Waals surface area contributed by atoms with Crippen molar-refractivity contribution in [3.05, 3.63) is 29.3 Å². The number of aromatic hydroxyl groups is 1. The van der Waals surface area contributed by atoms with E-state index in [1.54, 1.807) is 0 Å². The summed E-state index contributed by atoms with van der Waals surface area (Å²) >= 11 is 0. The van der Waals surface area contributed by atoms with Gasteiger partial charge in [0.05, 0.1) is 0 Å². The van der Waals surface area contributed by atoms with Gasteiger partial charge < -0.3 is 16.6 Å². The summed E-state index contributed by atoms with van der Waals surface area (Å²) in [5.74, 6) is 0.295. The Labute approximate surface area is 78.4 Å². The van der Waals surface area contributed by atoms with E-state index in [0.717, 1.165) is 11.1 Å². The number of hydrogen-bond donors (Lipinski definition) is 3. The predicted molar refractivity (Wildman–Crippen MR) is 53.4 cm³/mol. The molecule has 0 saturated heterocycles. The van der Waals surface area contributed by atoms with Gasteiger partial charge in [-0.05, 0) is 25.5 Å². The minimum atomic E-state index is -0.162. The van der Waals surface area contributed by atoms with Gasteiger partial charge in [-0.25, -0.2) is 0 Å². The summed E-state index contributed by atoms with van der Waals surface area (Å²) in [7, 11) is 0. The Bertz CT molecular complexity index is 286. The van der Waals surface area contributed by atoms with Crippen LogP contribution in [0.5, 0.6) is 5.75 Å². The molecule has 0 heterocycles. The van der Waals surface area contributed by atoms with Gasteiger partial charge in [0.1, 0.15) is 5.75 Å². The highest BCUT2D eigenvalue weighted by Gasteiger charge is 2.10. The summed E-state index contributed by atoms with van der Waals surface area (Å²) in [6.45, 7) is 2.39. The van der Waals surface area contributed by atoms with Crippen LogP contribution in [0.15, 0.2) is 18.2 Å². The number of phenolic OH excluding ortho intramolecular Hbond substituents is 1. The lowest BCUT2D eigenvalue weighted by Gasteiger charge is -2.13. The van der Waals surface area contributed by atoms with Gasteiger partial charge in [-0.1, -0.05) is 18.2 Å². The lowest BCUT2D eigenvalue weighted by Crippen LogP contribution is -2.15. The van der Waals surface area contributed by atoms with Crippen molar-refractivity contribution in [3.63, 3.8) is 0 Å². The van der Waals surface area contributed by atoms with Gasteiger partial charge in [0, 0.05) is 11.6 Å². The Kier molecular flexibility index (Phi) is 3.28. The molecule has 0 saturated carbocycles. The van der Waals surface area contributed by atoms with Gasteiger partial charge in [-0.3, -0.25) is 0 Å². The number of aryl methyl sites for hydroxylation is 1. The molecule has 1 rings (SSSR count). The summed E-state index contributed by atoms with van der Waals surface area (Å²) in [5, 5.41) is 9.67. The second kappa shape index (κ2) is 4.25. The van der Waals surface area contributed by atoms with E-state index in [9.17, 15) is 5.11 Å². The molecule has 3 heteroatoms. The Morgan fingerprint density at radius 3 is 2.77 bits per heavy atom. The van der Waals surface area contributed by atoms with E-state index in [0.29, 0.717) is 18.7 Å². The van der Waals surface area contributed by atoms with Crippen LogP contribution in [-0.4, -0.2) is 11.7 Å². The number of benzene rings is 1. The first-order valence-electron chi connectivity index (χ1n) is 4.41. The molecule has 0 fully saturated rings. The SMILES string of the molecule is Cc1cccc([C@H](N)CCN)c1O. The second-order valence-electron chi connectivity index (χ2n) is 3.20. The van der Waals surface area contributed by atoms with Crippen LogP contribution in [0, 0.1) is 6.92 Å². The minimum absolute atomic E-state index is 0.162. The zero-order chi connectivity index (χ0) is 9.84. The average Bonchev–Trinajstić information content (AvgIpc) is 2.10. The first-order valence-corrected chi connectivity index (χ1v) is 4.41. The van der Waals surface area contributed by atoms with Crippen LogP contribution in [0.25, 0.3) is 0 Å². The standard InChI is InChI=1S/C10H16N2O/c1-7-3-2-4-8(10(7)13)9(12)5-6-11/h2-4,9,13H,5-6,11-12H2,1H3/t9-/m1/s1. The van der Waals surface area contributed by atoms with E-state index in [1.165, 1.54) is 0 Å². The Morgan fingerprint density at radius 1 is 1.46 bits per heavy atom. The van der Waals surface area contributed by atoms with E-state index in [1.807, 2.05) is 25.1 Å². The fourth-order valence-electron chi connectivity index (χ4n) is 1.32. The van der Waals surface area contributed by atoms with Crippen molar-refractivity contribution >= 4 is 0 Å². The lowest BCUT2D eigenvalue weighted by atomic mass is 10.0. The van der Waals surface area contributed by atoms with Crippen LogP contribution < -0.4 is 11.5 Å². The average molecular weight is 180 g/mol. The Balaban J connectivity index is 2.93. The highest BCUT2D eigenvalue weighted by Crippen LogP contribution is 2.27. The summed E-state index contributed by atoms with van der Waals surface area (Å²) in [6.07, 6.45) is 0.691. The third kappa shape index (κ3) is 2.20. The van der Waals surface area contributed by atoms with E-state index in [4.69, 9.17) is 11.5 Å². The predicted octanol–water partition coefficient (Wildman–Crippen LogP) is 1.05. The molecule has 5 N–H and O–H groups in total. The largest absolute Gasteiger partial charge is 0.507 e.